The van der Waals surface area contributed by atoms with Crippen LogP contribution in [-0.2, 0) is 9.59 Å². The topological polar surface area (TPSA) is 81.6 Å². The van der Waals surface area contributed by atoms with Gasteiger partial charge in [-0.2, -0.15) is 5.10 Å². The predicted molar refractivity (Wildman–Crippen MR) is 107 cm³/mol. The number of allylic oxidation sites excluding steroid dienone is 2. The Labute approximate surface area is 172 Å². The number of carboxylic acids is 1. The Morgan fingerprint density at radius 2 is 1.86 bits per heavy atom. The molecule has 0 radical (unpaired) electrons. The minimum Gasteiger partial charge on any atom is -0.549 e. The molecule has 0 heterocycles. The largest absolute Gasteiger partial charge is 0.549 e. The van der Waals surface area contributed by atoms with E-state index in [1.807, 2.05) is 6.92 Å². The quantitative estimate of drug-likeness (QED) is 0.354. The summed E-state index contributed by atoms with van der Waals surface area (Å²) in [6, 6.07) is 12.3. The van der Waals surface area contributed by atoms with Crippen molar-refractivity contribution in [1.82, 2.24) is 5.43 Å². The van der Waals surface area contributed by atoms with Crippen LogP contribution >= 0.6 is 11.6 Å². The molecule has 7 heteroatoms. The number of halogens is 2. The molecule has 2 atom stereocenters. The summed E-state index contributed by atoms with van der Waals surface area (Å²) < 4.78 is 13.3. The number of benzene rings is 2. The SMILES string of the molecule is CC1=CC[C@@](C(=O)[O-])(C(=O)N/N=C\c2ccc(Cl)cc2)[C@@H](c2ccc(F)cc2)C1. The van der Waals surface area contributed by atoms with Gasteiger partial charge in [0.15, 0.2) is 0 Å². The Kier molecular flexibility index (Phi) is 6.13. The smallest absolute Gasteiger partial charge is 0.252 e. The fourth-order valence-corrected chi connectivity index (χ4v) is 3.66. The molecule has 2 aromatic rings. The highest BCUT2D eigenvalue weighted by molar-refractivity contribution is 6.30. The summed E-state index contributed by atoms with van der Waals surface area (Å²) >= 11 is 5.83. The molecule has 0 saturated heterocycles. The zero-order valence-electron chi connectivity index (χ0n) is 15.7. The summed E-state index contributed by atoms with van der Waals surface area (Å²) in [6.07, 6.45) is 3.42. The van der Waals surface area contributed by atoms with Crippen molar-refractivity contribution in [2.24, 2.45) is 10.5 Å². The van der Waals surface area contributed by atoms with Crippen LogP contribution in [0.3, 0.4) is 0 Å². The first-order chi connectivity index (χ1) is 13.8. The van der Waals surface area contributed by atoms with Gasteiger partial charge < -0.3 is 9.90 Å². The van der Waals surface area contributed by atoms with Gasteiger partial charge in [0.2, 0.25) is 0 Å². The minimum atomic E-state index is -1.85. The summed E-state index contributed by atoms with van der Waals surface area (Å²) in [5.74, 6) is -3.41. The highest BCUT2D eigenvalue weighted by Gasteiger charge is 2.48. The van der Waals surface area contributed by atoms with E-state index in [0.29, 0.717) is 22.6 Å². The van der Waals surface area contributed by atoms with Crippen LogP contribution in [-0.4, -0.2) is 18.1 Å². The van der Waals surface area contributed by atoms with Crippen molar-refractivity contribution in [2.45, 2.75) is 25.7 Å². The van der Waals surface area contributed by atoms with E-state index in [-0.39, 0.29) is 6.42 Å². The molecule has 1 aliphatic rings. The number of carboxylic acid groups (broad SMARTS) is 1. The lowest BCUT2D eigenvalue weighted by molar-refractivity contribution is -0.318. The number of hydrogen-bond acceptors (Lipinski definition) is 4. The fraction of sp³-hybridized carbons (Fsp3) is 0.227. The summed E-state index contributed by atoms with van der Waals surface area (Å²) in [6.45, 7) is 1.87. The van der Waals surface area contributed by atoms with Crippen LogP contribution < -0.4 is 10.5 Å². The van der Waals surface area contributed by atoms with Crippen molar-refractivity contribution in [3.8, 4) is 0 Å². The molecule has 0 unspecified atom stereocenters. The van der Waals surface area contributed by atoms with Crippen LogP contribution in [0, 0.1) is 11.2 Å². The third-order valence-electron chi connectivity index (χ3n) is 5.18. The van der Waals surface area contributed by atoms with Crippen molar-refractivity contribution in [2.75, 3.05) is 0 Å². The van der Waals surface area contributed by atoms with Crippen LogP contribution in [0.2, 0.25) is 5.02 Å². The second kappa shape index (κ2) is 8.57. The normalized spacial score (nSPS) is 21.6. The van der Waals surface area contributed by atoms with E-state index < -0.39 is 29.0 Å². The lowest BCUT2D eigenvalue weighted by atomic mass is 9.64. The highest BCUT2D eigenvalue weighted by Crippen LogP contribution is 2.47. The Morgan fingerprint density at radius 3 is 2.48 bits per heavy atom. The Hall–Kier alpha value is -2.99. The molecular formula is C22H19ClFN2O3-. The van der Waals surface area contributed by atoms with Crippen molar-refractivity contribution < 1.29 is 19.1 Å². The van der Waals surface area contributed by atoms with Gasteiger partial charge in [-0.15, -0.1) is 0 Å². The molecule has 0 bridgehead atoms. The molecule has 29 heavy (non-hydrogen) atoms. The van der Waals surface area contributed by atoms with Crippen LogP contribution in [0.15, 0.2) is 65.3 Å². The van der Waals surface area contributed by atoms with Crippen molar-refractivity contribution in [3.63, 3.8) is 0 Å². The maximum absolute atomic E-state index is 13.3. The molecule has 0 aliphatic heterocycles. The lowest BCUT2D eigenvalue weighted by Crippen LogP contribution is -2.55. The highest BCUT2D eigenvalue weighted by atomic mass is 35.5. The lowest BCUT2D eigenvalue weighted by Gasteiger charge is -2.42. The van der Waals surface area contributed by atoms with Gasteiger partial charge in [0.05, 0.1) is 12.2 Å². The number of hydrogen-bond donors (Lipinski definition) is 1. The number of aliphatic carboxylic acids is 1. The van der Waals surface area contributed by atoms with Crippen molar-refractivity contribution in [1.29, 1.82) is 0 Å². The zero-order valence-corrected chi connectivity index (χ0v) is 16.4. The Balaban J connectivity index is 1.91. The monoisotopic (exact) mass is 413 g/mol. The predicted octanol–water partition coefficient (Wildman–Crippen LogP) is 3.19. The minimum absolute atomic E-state index is 0.0362. The number of amides is 1. The van der Waals surface area contributed by atoms with Gasteiger partial charge in [-0.25, -0.2) is 9.82 Å². The van der Waals surface area contributed by atoms with E-state index in [1.165, 1.54) is 30.5 Å². The maximum atomic E-state index is 13.3. The molecule has 0 fully saturated rings. The number of rotatable bonds is 5. The molecule has 0 spiro atoms. The third kappa shape index (κ3) is 4.38. The second-order valence-corrected chi connectivity index (χ2v) is 7.51. The van der Waals surface area contributed by atoms with E-state index in [0.717, 1.165) is 5.57 Å². The number of nitrogens with one attached hydrogen (secondary N) is 1. The first-order valence-electron chi connectivity index (χ1n) is 9.04. The number of hydrazone groups is 1. The summed E-state index contributed by atoms with van der Waals surface area (Å²) in [4.78, 5) is 25.2. The first-order valence-corrected chi connectivity index (χ1v) is 9.42. The second-order valence-electron chi connectivity index (χ2n) is 7.07. The fourth-order valence-electron chi connectivity index (χ4n) is 3.54. The van der Waals surface area contributed by atoms with Crippen LogP contribution in [0.25, 0.3) is 0 Å². The van der Waals surface area contributed by atoms with Gasteiger partial charge in [0.1, 0.15) is 11.2 Å². The van der Waals surface area contributed by atoms with Crippen molar-refractivity contribution in [3.05, 3.63) is 82.1 Å². The summed E-state index contributed by atoms with van der Waals surface area (Å²) in [5, 5.41) is 16.7. The molecule has 0 aromatic heterocycles. The molecule has 1 amide bonds. The average Bonchev–Trinajstić information content (AvgIpc) is 2.70. The molecule has 2 aromatic carbocycles. The number of carbonyl (C=O) groups is 2. The van der Waals surface area contributed by atoms with Gasteiger partial charge in [-0.3, -0.25) is 4.79 Å². The van der Waals surface area contributed by atoms with Gasteiger partial charge in [0.25, 0.3) is 5.91 Å². The molecule has 1 aliphatic carbocycles. The zero-order chi connectivity index (χ0) is 21.0. The van der Waals surface area contributed by atoms with Crippen LogP contribution in [0.4, 0.5) is 4.39 Å². The van der Waals surface area contributed by atoms with E-state index in [9.17, 15) is 19.1 Å². The Morgan fingerprint density at radius 1 is 1.21 bits per heavy atom. The first kappa shape index (κ1) is 20.7. The number of carbonyl (C=O) groups excluding carboxylic acids is 2. The molecule has 1 N–H and O–H groups in total. The average molecular weight is 414 g/mol. The van der Waals surface area contributed by atoms with Crippen LogP contribution in [0.1, 0.15) is 36.8 Å². The van der Waals surface area contributed by atoms with Gasteiger partial charge >= 0.3 is 0 Å². The van der Waals surface area contributed by atoms with E-state index in [1.54, 1.807) is 30.3 Å². The van der Waals surface area contributed by atoms with Gasteiger partial charge in [0, 0.05) is 10.9 Å². The Bertz CT molecular complexity index is 971. The number of nitrogens with zero attached hydrogens (tertiary/aromatic N) is 1. The molecular weight excluding hydrogens is 395 g/mol. The molecule has 5 nitrogen and oxygen atoms in total. The summed E-state index contributed by atoms with van der Waals surface area (Å²) in [5.41, 5.74) is 2.68. The third-order valence-corrected chi connectivity index (χ3v) is 5.44. The van der Waals surface area contributed by atoms with Gasteiger partial charge in [-0.1, -0.05) is 47.5 Å². The van der Waals surface area contributed by atoms with E-state index in [4.69, 9.17) is 11.6 Å². The molecule has 0 saturated carbocycles. The molecule has 150 valence electrons. The van der Waals surface area contributed by atoms with E-state index >= 15 is 0 Å². The maximum Gasteiger partial charge on any atom is 0.252 e. The molecule has 3 rings (SSSR count). The summed E-state index contributed by atoms with van der Waals surface area (Å²) in [7, 11) is 0. The van der Waals surface area contributed by atoms with Crippen molar-refractivity contribution >= 4 is 29.7 Å². The standard InChI is InChI=1S/C22H20ClFN2O3/c1-14-10-11-22(21(28)29,19(12-14)16-4-8-18(24)9-5-16)20(27)26-25-13-15-2-6-17(23)7-3-15/h2-10,13,19H,11-12H2,1H3,(H,26,27)(H,28,29)/p-1/b25-13-/t19-,22+/m1/s1. The van der Waals surface area contributed by atoms with E-state index in [2.05, 4.69) is 10.5 Å². The van der Waals surface area contributed by atoms with Crippen LogP contribution in [0.5, 0.6) is 0 Å². The van der Waals surface area contributed by atoms with Gasteiger partial charge in [-0.05, 0) is 55.2 Å².